The largest absolute Gasteiger partial charge is 0.496 e. The first-order chi connectivity index (χ1) is 12.2. The lowest BCUT2D eigenvalue weighted by atomic mass is 10.1. The second-order valence-corrected chi connectivity index (χ2v) is 6.31. The van der Waals surface area contributed by atoms with Gasteiger partial charge in [0.05, 0.1) is 18.4 Å². The number of fused-ring (bicyclic) bond motifs is 1. The summed E-state index contributed by atoms with van der Waals surface area (Å²) >= 11 is 0. The Morgan fingerprint density at radius 3 is 2.72 bits per heavy atom. The molecule has 5 nitrogen and oxygen atoms in total. The van der Waals surface area contributed by atoms with E-state index >= 15 is 0 Å². The van der Waals surface area contributed by atoms with Crippen molar-refractivity contribution in [3.63, 3.8) is 0 Å². The second-order valence-electron chi connectivity index (χ2n) is 6.31. The molecular formula is C20H26N4O. The normalized spacial score (nSPS) is 11.0. The number of aromatic nitrogens is 3. The third kappa shape index (κ3) is 3.45. The zero-order chi connectivity index (χ0) is 17.8. The van der Waals surface area contributed by atoms with Crippen LogP contribution in [-0.2, 0) is 0 Å². The van der Waals surface area contributed by atoms with Gasteiger partial charge in [0.15, 0.2) is 5.65 Å². The summed E-state index contributed by atoms with van der Waals surface area (Å²) in [7, 11) is 1.69. The van der Waals surface area contributed by atoms with Crippen molar-refractivity contribution in [3.05, 3.63) is 41.7 Å². The topological polar surface area (TPSA) is 51.5 Å². The van der Waals surface area contributed by atoms with Crippen molar-refractivity contribution in [2.24, 2.45) is 0 Å². The number of hydrogen-bond donors (Lipinski definition) is 1. The predicted octanol–water partition coefficient (Wildman–Crippen LogP) is 4.62. The SMILES string of the molecule is CCCCCNc1cc(C)nc2c(-c3ccccc3OC)c(C)nn12. The average Bonchev–Trinajstić information content (AvgIpc) is 2.94. The number of methoxy groups -OCH3 is 1. The number of benzene rings is 1. The summed E-state index contributed by atoms with van der Waals surface area (Å²) < 4.78 is 7.46. The highest BCUT2D eigenvalue weighted by Gasteiger charge is 2.18. The van der Waals surface area contributed by atoms with Gasteiger partial charge in [-0.05, 0) is 26.3 Å². The summed E-state index contributed by atoms with van der Waals surface area (Å²) in [5.74, 6) is 1.82. The van der Waals surface area contributed by atoms with Gasteiger partial charge < -0.3 is 10.1 Å². The Kier molecular flexibility index (Phi) is 5.22. The lowest BCUT2D eigenvalue weighted by Crippen LogP contribution is -2.08. The van der Waals surface area contributed by atoms with Gasteiger partial charge in [0.2, 0.25) is 0 Å². The molecule has 1 aromatic carbocycles. The number of ether oxygens (including phenoxy) is 1. The molecule has 1 N–H and O–H groups in total. The molecule has 0 aliphatic rings. The van der Waals surface area contributed by atoms with Gasteiger partial charge >= 0.3 is 0 Å². The minimum atomic E-state index is 0.835. The Bertz CT molecular complexity index is 870. The number of nitrogens with one attached hydrogen (secondary N) is 1. The third-order valence-electron chi connectivity index (χ3n) is 4.35. The zero-order valence-corrected chi connectivity index (χ0v) is 15.5. The molecule has 0 spiro atoms. The van der Waals surface area contributed by atoms with E-state index in [9.17, 15) is 0 Å². The number of aryl methyl sites for hydroxylation is 2. The van der Waals surface area contributed by atoms with Crippen LogP contribution < -0.4 is 10.1 Å². The Hall–Kier alpha value is -2.56. The summed E-state index contributed by atoms with van der Waals surface area (Å²) in [6, 6.07) is 10.1. The van der Waals surface area contributed by atoms with Crippen LogP contribution in [0.3, 0.4) is 0 Å². The molecule has 0 aliphatic heterocycles. The molecule has 0 saturated carbocycles. The molecule has 0 unspecified atom stereocenters. The van der Waals surface area contributed by atoms with E-state index in [0.29, 0.717) is 0 Å². The molecule has 132 valence electrons. The van der Waals surface area contributed by atoms with Gasteiger partial charge in [-0.3, -0.25) is 0 Å². The molecule has 25 heavy (non-hydrogen) atoms. The van der Waals surface area contributed by atoms with Crippen LogP contribution in [0.15, 0.2) is 30.3 Å². The minimum Gasteiger partial charge on any atom is -0.496 e. The Labute approximate surface area is 149 Å². The highest BCUT2D eigenvalue weighted by atomic mass is 16.5. The molecule has 0 amide bonds. The number of hydrogen-bond acceptors (Lipinski definition) is 4. The van der Waals surface area contributed by atoms with Crippen molar-refractivity contribution in [3.8, 4) is 16.9 Å². The van der Waals surface area contributed by atoms with Crippen LogP contribution in [0, 0.1) is 13.8 Å². The Balaban J connectivity index is 2.09. The van der Waals surface area contributed by atoms with Crippen LogP contribution in [0.1, 0.15) is 37.6 Å². The third-order valence-corrected chi connectivity index (χ3v) is 4.35. The molecule has 0 saturated heterocycles. The van der Waals surface area contributed by atoms with Crippen LogP contribution >= 0.6 is 0 Å². The highest BCUT2D eigenvalue weighted by Crippen LogP contribution is 2.35. The quantitative estimate of drug-likeness (QED) is 0.639. The summed E-state index contributed by atoms with van der Waals surface area (Å²) in [4.78, 5) is 4.76. The van der Waals surface area contributed by atoms with Crippen molar-refractivity contribution in [1.82, 2.24) is 14.6 Å². The van der Waals surface area contributed by atoms with E-state index in [0.717, 1.165) is 52.7 Å². The van der Waals surface area contributed by atoms with Crippen molar-refractivity contribution in [2.75, 3.05) is 19.0 Å². The van der Waals surface area contributed by atoms with Gasteiger partial charge in [-0.1, -0.05) is 38.0 Å². The molecule has 3 rings (SSSR count). The van der Waals surface area contributed by atoms with E-state index in [-0.39, 0.29) is 0 Å². The number of rotatable bonds is 7. The molecule has 0 atom stereocenters. The van der Waals surface area contributed by atoms with Crippen molar-refractivity contribution in [1.29, 1.82) is 0 Å². The first-order valence-electron chi connectivity index (χ1n) is 8.90. The second kappa shape index (κ2) is 7.55. The maximum Gasteiger partial charge on any atom is 0.165 e. The van der Waals surface area contributed by atoms with Gasteiger partial charge in [-0.15, -0.1) is 0 Å². The monoisotopic (exact) mass is 338 g/mol. The summed E-state index contributed by atoms with van der Waals surface area (Å²) in [6.45, 7) is 7.19. The van der Waals surface area contributed by atoms with E-state index in [2.05, 4.69) is 24.4 Å². The molecule has 3 aromatic rings. The summed E-state index contributed by atoms with van der Waals surface area (Å²) in [6.07, 6.45) is 3.59. The van der Waals surface area contributed by atoms with Gasteiger partial charge in [0.25, 0.3) is 0 Å². The number of nitrogens with zero attached hydrogens (tertiary/aromatic N) is 3. The molecular weight excluding hydrogens is 312 g/mol. The van der Waals surface area contributed by atoms with Gasteiger partial charge in [0, 0.05) is 23.9 Å². The molecule has 2 heterocycles. The molecule has 5 heteroatoms. The minimum absolute atomic E-state index is 0.835. The lowest BCUT2D eigenvalue weighted by molar-refractivity contribution is 0.416. The van der Waals surface area contributed by atoms with E-state index in [1.165, 1.54) is 12.8 Å². The van der Waals surface area contributed by atoms with E-state index in [1.54, 1.807) is 7.11 Å². The van der Waals surface area contributed by atoms with Crippen molar-refractivity contribution in [2.45, 2.75) is 40.0 Å². The fourth-order valence-electron chi connectivity index (χ4n) is 3.13. The molecule has 0 aliphatic carbocycles. The number of anilines is 1. The standard InChI is InChI=1S/C20H26N4O/c1-5-6-9-12-21-18-13-14(2)22-20-19(15(3)23-24(18)20)16-10-7-8-11-17(16)25-4/h7-8,10-11,13,21H,5-6,9,12H2,1-4H3. The highest BCUT2D eigenvalue weighted by molar-refractivity contribution is 5.84. The average molecular weight is 338 g/mol. The molecule has 0 bridgehead atoms. The summed E-state index contributed by atoms with van der Waals surface area (Å²) in [5, 5.41) is 8.25. The van der Waals surface area contributed by atoms with Crippen LogP contribution in [0.4, 0.5) is 5.82 Å². The molecule has 2 aromatic heterocycles. The molecule has 0 fully saturated rings. The van der Waals surface area contributed by atoms with E-state index in [4.69, 9.17) is 14.8 Å². The maximum absolute atomic E-state index is 5.54. The number of para-hydroxylation sites is 1. The van der Waals surface area contributed by atoms with Crippen molar-refractivity contribution >= 4 is 11.5 Å². The molecule has 0 radical (unpaired) electrons. The van der Waals surface area contributed by atoms with Crippen LogP contribution in [0.25, 0.3) is 16.8 Å². The van der Waals surface area contributed by atoms with Crippen LogP contribution in [0.5, 0.6) is 5.75 Å². The fourth-order valence-corrected chi connectivity index (χ4v) is 3.13. The predicted molar refractivity (Wildman–Crippen MR) is 102 cm³/mol. The first-order valence-corrected chi connectivity index (χ1v) is 8.90. The van der Waals surface area contributed by atoms with Crippen LogP contribution in [-0.4, -0.2) is 28.3 Å². The summed E-state index contributed by atoms with van der Waals surface area (Å²) in [5.41, 5.74) is 4.83. The van der Waals surface area contributed by atoms with Gasteiger partial charge in [-0.2, -0.15) is 9.61 Å². The smallest absolute Gasteiger partial charge is 0.165 e. The zero-order valence-electron chi connectivity index (χ0n) is 15.5. The van der Waals surface area contributed by atoms with Gasteiger partial charge in [0.1, 0.15) is 11.6 Å². The van der Waals surface area contributed by atoms with E-state index < -0.39 is 0 Å². The maximum atomic E-state index is 5.54. The fraction of sp³-hybridized carbons (Fsp3) is 0.400. The van der Waals surface area contributed by atoms with Crippen LogP contribution in [0.2, 0.25) is 0 Å². The van der Waals surface area contributed by atoms with E-state index in [1.807, 2.05) is 36.6 Å². The van der Waals surface area contributed by atoms with Crippen molar-refractivity contribution < 1.29 is 4.74 Å². The first kappa shape index (κ1) is 17.3. The van der Waals surface area contributed by atoms with Gasteiger partial charge in [-0.25, -0.2) is 4.98 Å². The Morgan fingerprint density at radius 2 is 1.96 bits per heavy atom. The lowest BCUT2D eigenvalue weighted by Gasteiger charge is -2.10. The number of unbranched alkanes of at least 4 members (excludes halogenated alkanes) is 2. The Morgan fingerprint density at radius 1 is 1.16 bits per heavy atom.